The van der Waals surface area contributed by atoms with E-state index in [2.05, 4.69) is 15.3 Å². The first-order chi connectivity index (χ1) is 9.74. The summed E-state index contributed by atoms with van der Waals surface area (Å²) < 4.78 is 5.38. The van der Waals surface area contributed by atoms with E-state index in [1.165, 1.54) is 5.56 Å². The predicted molar refractivity (Wildman–Crippen MR) is 83.6 cm³/mol. The number of hydrogen-bond donors (Lipinski definition) is 1. The maximum atomic E-state index is 6.30. The van der Waals surface area contributed by atoms with Gasteiger partial charge < -0.3 is 10.1 Å². The number of rotatable bonds is 3. The fourth-order valence-corrected chi connectivity index (χ4v) is 3.55. The molecule has 20 heavy (non-hydrogen) atoms. The van der Waals surface area contributed by atoms with E-state index in [-0.39, 0.29) is 0 Å². The maximum Gasteiger partial charge on any atom is 0.167 e. The van der Waals surface area contributed by atoms with E-state index in [1.807, 2.05) is 37.0 Å². The summed E-state index contributed by atoms with van der Waals surface area (Å²) in [5, 5.41) is 3.74. The number of hydrogen-bond acceptors (Lipinski definition) is 5. The van der Waals surface area contributed by atoms with Crippen LogP contribution in [0.4, 0.5) is 5.82 Å². The SMILES string of the molecule is CNc1nc(-c2c(Cl)cccc2OC)nc2c1CSC2. The number of nitrogens with zero attached hydrogens (tertiary/aromatic N) is 2. The third kappa shape index (κ3) is 2.21. The van der Waals surface area contributed by atoms with Crippen LogP contribution < -0.4 is 10.1 Å². The highest BCUT2D eigenvalue weighted by atomic mass is 35.5. The highest BCUT2D eigenvalue weighted by Gasteiger charge is 2.22. The number of methoxy groups -OCH3 is 1. The van der Waals surface area contributed by atoms with Gasteiger partial charge in [0.15, 0.2) is 5.82 Å². The summed E-state index contributed by atoms with van der Waals surface area (Å²) in [4.78, 5) is 9.27. The number of benzene rings is 1. The second-order valence-electron chi connectivity index (χ2n) is 4.38. The summed E-state index contributed by atoms with van der Waals surface area (Å²) >= 11 is 8.15. The molecule has 2 aromatic rings. The second-order valence-corrected chi connectivity index (χ2v) is 5.77. The Labute approximate surface area is 126 Å². The van der Waals surface area contributed by atoms with Crippen molar-refractivity contribution in [1.29, 1.82) is 0 Å². The van der Waals surface area contributed by atoms with E-state index in [4.69, 9.17) is 16.3 Å². The minimum absolute atomic E-state index is 0.594. The van der Waals surface area contributed by atoms with E-state index >= 15 is 0 Å². The first-order valence-electron chi connectivity index (χ1n) is 6.22. The molecule has 6 heteroatoms. The quantitative estimate of drug-likeness (QED) is 0.939. The summed E-state index contributed by atoms with van der Waals surface area (Å²) in [6.07, 6.45) is 0. The largest absolute Gasteiger partial charge is 0.496 e. The summed E-state index contributed by atoms with van der Waals surface area (Å²) in [5.74, 6) is 4.03. The second kappa shape index (κ2) is 5.50. The molecular formula is C14H14ClN3OS. The van der Waals surface area contributed by atoms with Gasteiger partial charge in [0.2, 0.25) is 0 Å². The average Bonchev–Trinajstić information content (AvgIpc) is 2.94. The summed E-state index contributed by atoms with van der Waals surface area (Å²) in [6, 6.07) is 5.54. The van der Waals surface area contributed by atoms with Crippen molar-refractivity contribution in [1.82, 2.24) is 9.97 Å². The zero-order valence-electron chi connectivity index (χ0n) is 11.2. The van der Waals surface area contributed by atoms with E-state index in [9.17, 15) is 0 Å². The lowest BCUT2D eigenvalue weighted by Gasteiger charge is -2.12. The number of nitrogens with one attached hydrogen (secondary N) is 1. The van der Waals surface area contributed by atoms with Gasteiger partial charge in [0.1, 0.15) is 11.6 Å². The molecule has 0 atom stereocenters. The molecule has 0 amide bonds. The standard InChI is InChI=1S/C14H14ClN3OS/c1-16-13-8-6-20-7-10(8)17-14(18-13)12-9(15)4-3-5-11(12)19-2/h3-5H,6-7H2,1-2H3,(H,16,17,18). The minimum Gasteiger partial charge on any atom is -0.496 e. The van der Waals surface area contributed by atoms with E-state index < -0.39 is 0 Å². The van der Waals surface area contributed by atoms with Gasteiger partial charge in [0, 0.05) is 24.1 Å². The van der Waals surface area contributed by atoms with E-state index in [1.54, 1.807) is 7.11 Å². The van der Waals surface area contributed by atoms with Gasteiger partial charge in [-0.2, -0.15) is 11.8 Å². The highest BCUT2D eigenvalue weighted by molar-refractivity contribution is 7.98. The Hall–Kier alpha value is -1.46. The first-order valence-corrected chi connectivity index (χ1v) is 7.76. The Morgan fingerprint density at radius 2 is 2.15 bits per heavy atom. The molecule has 3 rings (SSSR count). The van der Waals surface area contributed by atoms with Crippen molar-refractivity contribution >= 4 is 29.2 Å². The third-order valence-electron chi connectivity index (χ3n) is 3.23. The Morgan fingerprint density at radius 3 is 2.90 bits per heavy atom. The number of aromatic nitrogens is 2. The molecule has 0 unspecified atom stereocenters. The average molecular weight is 308 g/mol. The molecule has 1 aromatic heterocycles. The van der Waals surface area contributed by atoms with Crippen molar-refractivity contribution in [2.24, 2.45) is 0 Å². The molecule has 0 spiro atoms. The van der Waals surface area contributed by atoms with Gasteiger partial charge in [0.05, 0.1) is 23.4 Å². The highest BCUT2D eigenvalue weighted by Crippen LogP contribution is 2.38. The van der Waals surface area contributed by atoms with Crippen LogP contribution in [0.25, 0.3) is 11.4 Å². The summed E-state index contributed by atoms with van der Waals surface area (Å²) in [6.45, 7) is 0. The maximum absolute atomic E-state index is 6.30. The molecule has 0 bridgehead atoms. The fourth-order valence-electron chi connectivity index (χ4n) is 2.26. The van der Waals surface area contributed by atoms with Gasteiger partial charge in [-0.3, -0.25) is 0 Å². The molecule has 1 aliphatic heterocycles. The third-order valence-corrected chi connectivity index (χ3v) is 4.52. The number of halogens is 1. The van der Waals surface area contributed by atoms with Crippen LogP contribution in [0.5, 0.6) is 5.75 Å². The van der Waals surface area contributed by atoms with Crippen LogP contribution in [0.15, 0.2) is 18.2 Å². The molecule has 1 N–H and O–H groups in total. The van der Waals surface area contributed by atoms with Gasteiger partial charge in [-0.05, 0) is 12.1 Å². The van der Waals surface area contributed by atoms with Crippen molar-refractivity contribution in [3.8, 4) is 17.1 Å². The van der Waals surface area contributed by atoms with Crippen LogP contribution >= 0.6 is 23.4 Å². The Morgan fingerprint density at radius 1 is 1.30 bits per heavy atom. The Bertz CT molecular complexity index is 663. The van der Waals surface area contributed by atoms with Gasteiger partial charge in [-0.1, -0.05) is 17.7 Å². The normalized spacial score (nSPS) is 13.2. The molecule has 1 aromatic carbocycles. The van der Waals surface area contributed by atoms with Gasteiger partial charge >= 0.3 is 0 Å². The van der Waals surface area contributed by atoms with Crippen molar-refractivity contribution < 1.29 is 4.74 Å². The van der Waals surface area contributed by atoms with Gasteiger partial charge in [-0.25, -0.2) is 9.97 Å². The Balaban J connectivity index is 2.21. The van der Waals surface area contributed by atoms with Crippen LogP contribution in [-0.4, -0.2) is 24.1 Å². The number of fused-ring (bicyclic) bond motifs is 1. The lowest BCUT2D eigenvalue weighted by atomic mass is 10.1. The zero-order chi connectivity index (χ0) is 14.1. The van der Waals surface area contributed by atoms with Crippen LogP contribution in [0, 0.1) is 0 Å². The monoisotopic (exact) mass is 307 g/mol. The van der Waals surface area contributed by atoms with E-state index in [0.29, 0.717) is 16.6 Å². The molecule has 0 saturated heterocycles. The summed E-state index contributed by atoms with van der Waals surface area (Å²) in [7, 11) is 3.50. The predicted octanol–water partition coefficient (Wildman–Crippen LogP) is 3.59. The Kier molecular flexibility index (Phi) is 3.72. The molecule has 0 radical (unpaired) electrons. The topological polar surface area (TPSA) is 47.0 Å². The van der Waals surface area contributed by atoms with Crippen molar-refractivity contribution in [2.45, 2.75) is 11.5 Å². The molecule has 2 heterocycles. The van der Waals surface area contributed by atoms with Crippen LogP contribution in [0.1, 0.15) is 11.3 Å². The van der Waals surface area contributed by atoms with Gasteiger partial charge in [-0.15, -0.1) is 0 Å². The molecule has 1 aliphatic rings. The molecule has 4 nitrogen and oxygen atoms in total. The molecule has 0 saturated carbocycles. The molecule has 0 fully saturated rings. The zero-order valence-corrected chi connectivity index (χ0v) is 12.8. The van der Waals surface area contributed by atoms with Crippen molar-refractivity contribution in [3.63, 3.8) is 0 Å². The number of ether oxygens (including phenoxy) is 1. The minimum atomic E-state index is 0.594. The van der Waals surface area contributed by atoms with Crippen LogP contribution in [-0.2, 0) is 11.5 Å². The van der Waals surface area contributed by atoms with Crippen LogP contribution in [0.3, 0.4) is 0 Å². The molecule has 104 valence electrons. The molecular weight excluding hydrogens is 294 g/mol. The molecule has 0 aliphatic carbocycles. The smallest absolute Gasteiger partial charge is 0.167 e. The first kappa shape index (κ1) is 13.5. The van der Waals surface area contributed by atoms with Crippen LogP contribution in [0.2, 0.25) is 5.02 Å². The number of thioether (sulfide) groups is 1. The van der Waals surface area contributed by atoms with Gasteiger partial charge in [0.25, 0.3) is 0 Å². The summed E-state index contributed by atoms with van der Waals surface area (Å²) in [5.41, 5.74) is 3.01. The fraction of sp³-hybridized carbons (Fsp3) is 0.286. The lowest BCUT2D eigenvalue weighted by molar-refractivity contribution is 0.416. The van der Waals surface area contributed by atoms with Crippen molar-refractivity contribution in [2.75, 3.05) is 19.5 Å². The van der Waals surface area contributed by atoms with Crippen molar-refractivity contribution in [3.05, 3.63) is 34.5 Å². The lowest BCUT2D eigenvalue weighted by Crippen LogP contribution is -2.04. The van der Waals surface area contributed by atoms with E-state index in [0.717, 1.165) is 28.6 Å². The number of anilines is 1.